The average molecular weight is 420 g/mol. The number of furan rings is 1. The standard InChI is InChI=1S/C24H24N2O5/c1-17-5-7-18(8-6-17)23(27)26-22(16-21-4-3-14-30-21)24(28)25-13-15-31-20-11-9-19(29-2)10-12-20/h3-12,14,16H,13,15H2,1-2H3,(H,25,28)(H,26,27)/b22-16-. The van der Waals surface area contributed by atoms with Gasteiger partial charge in [0.05, 0.1) is 19.9 Å². The summed E-state index contributed by atoms with van der Waals surface area (Å²) in [6.07, 6.45) is 2.97. The highest BCUT2D eigenvalue weighted by atomic mass is 16.5. The lowest BCUT2D eigenvalue weighted by molar-refractivity contribution is -0.117. The summed E-state index contributed by atoms with van der Waals surface area (Å²) in [5.74, 6) is 1.01. The fraction of sp³-hybridized carbons (Fsp3) is 0.167. The Morgan fingerprint density at radius 3 is 2.35 bits per heavy atom. The van der Waals surface area contributed by atoms with Crippen molar-refractivity contribution in [3.8, 4) is 11.5 Å². The topological polar surface area (TPSA) is 89.8 Å². The number of nitrogens with one attached hydrogen (secondary N) is 2. The number of carbonyl (C=O) groups excluding carboxylic acids is 2. The second-order valence-electron chi connectivity index (χ2n) is 6.67. The summed E-state index contributed by atoms with van der Waals surface area (Å²) in [5.41, 5.74) is 1.56. The second kappa shape index (κ2) is 10.7. The molecule has 1 heterocycles. The van der Waals surface area contributed by atoms with Gasteiger partial charge in [0.15, 0.2) is 0 Å². The molecule has 0 saturated heterocycles. The second-order valence-corrected chi connectivity index (χ2v) is 6.67. The van der Waals surface area contributed by atoms with Crippen molar-refractivity contribution in [3.05, 3.63) is 89.5 Å². The maximum atomic E-state index is 12.7. The molecule has 3 rings (SSSR count). The molecule has 7 nitrogen and oxygen atoms in total. The molecule has 0 aliphatic heterocycles. The predicted octanol–water partition coefficient (Wildman–Crippen LogP) is 3.56. The van der Waals surface area contributed by atoms with Gasteiger partial charge in [-0.1, -0.05) is 17.7 Å². The molecule has 1 aromatic heterocycles. The lowest BCUT2D eigenvalue weighted by atomic mass is 10.1. The molecular formula is C24H24N2O5. The molecule has 2 N–H and O–H groups in total. The van der Waals surface area contributed by atoms with Crippen LogP contribution in [0.4, 0.5) is 0 Å². The van der Waals surface area contributed by atoms with Crippen molar-refractivity contribution in [1.29, 1.82) is 0 Å². The van der Waals surface area contributed by atoms with Crippen molar-refractivity contribution in [3.63, 3.8) is 0 Å². The summed E-state index contributed by atoms with van der Waals surface area (Å²) in [4.78, 5) is 25.2. The quantitative estimate of drug-likeness (QED) is 0.408. The van der Waals surface area contributed by atoms with E-state index in [-0.39, 0.29) is 24.8 Å². The van der Waals surface area contributed by atoms with Gasteiger partial charge in [0, 0.05) is 11.6 Å². The largest absolute Gasteiger partial charge is 0.497 e. The van der Waals surface area contributed by atoms with Gasteiger partial charge in [-0.25, -0.2) is 0 Å². The summed E-state index contributed by atoms with van der Waals surface area (Å²) in [6, 6.07) is 17.6. The molecule has 160 valence electrons. The van der Waals surface area contributed by atoms with Crippen LogP contribution in [-0.2, 0) is 4.79 Å². The Morgan fingerprint density at radius 2 is 1.71 bits per heavy atom. The SMILES string of the molecule is COc1ccc(OCCNC(=O)/C(=C/c2ccco2)NC(=O)c2ccc(C)cc2)cc1. The van der Waals surface area contributed by atoms with E-state index in [0.29, 0.717) is 17.1 Å². The molecule has 3 aromatic rings. The van der Waals surface area contributed by atoms with E-state index in [1.54, 1.807) is 55.6 Å². The third-order valence-electron chi connectivity index (χ3n) is 4.35. The number of hydrogen-bond donors (Lipinski definition) is 2. The summed E-state index contributed by atoms with van der Waals surface area (Å²) in [6.45, 7) is 2.45. The molecule has 0 radical (unpaired) electrons. The van der Waals surface area contributed by atoms with Crippen LogP contribution < -0.4 is 20.1 Å². The Morgan fingerprint density at radius 1 is 1.00 bits per heavy atom. The highest BCUT2D eigenvalue weighted by Crippen LogP contribution is 2.16. The Hall–Kier alpha value is -4.00. The minimum absolute atomic E-state index is 0.0740. The summed E-state index contributed by atoms with van der Waals surface area (Å²) >= 11 is 0. The summed E-state index contributed by atoms with van der Waals surface area (Å²) in [7, 11) is 1.59. The number of methoxy groups -OCH3 is 1. The number of hydrogen-bond acceptors (Lipinski definition) is 5. The van der Waals surface area contributed by atoms with Crippen LogP contribution in [0.1, 0.15) is 21.7 Å². The Labute approximate surface area is 180 Å². The first kappa shape index (κ1) is 21.7. The first-order valence-corrected chi connectivity index (χ1v) is 9.73. The maximum Gasteiger partial charge on any atom is 0.268 e. The lowest BCUT2D eigenvalue weighted by Gasteiger charge is -2.12. The number of carbonyl (C=O) groups is 2. The van der Waals surface area contributed by atoms with E-state index in [4.69, 9.17) is 13.9 Å². The van der Waals surface area contributed by atoms with Gasteiger partial charge in [-0.05, 0) is 55.5 Å². The van der Waals surface area contributed by atoms with E-state index in [9.17, 15) is 9.59 Å². The zero-order valence-electron chi connectivity index (χ0n) is 17.4. The molecule has 0 saturated carbocycles. The van der Waals surface area contributed by atoms with Gasteiger partial charge in [-0.15, -0.1) is 0 Å². The van der Waals surface area contributed by atoms with Crippen LogP contribution >= 0.6 is 0 Å². The van der Waals surface area contributed by atoms with E-state index in [2.05, 4.69) is 10.6 Å². The number of ether oxygens (including phenoxy) is 2. The van der Waals surface area contributed by atoms with Crippen molar-refractivity contribution in [2.24, 2.45) is 0 Å². The van der Waals surface area contributed by atoms with Crippen LogP contribution in [0.25, 0.3) is 6.08 Å². The van der Waals surface area contributed by atoms with Gasteiger partial charge in [0.2, 0.25) is 0 Å². The number of rotatable bonds is 9. The molecule has 0 bridgehead atoms. The molecule has 2 aromatic carbocycles. The Kier molecular flexibility index (Phi) is 7.48. The van der Waals surface area contributed by atoms with Gasteiger partial charge in [0.1, 0.15) is 29.6 Å². The number of amides is 2. The third-order valence-corrected chi connectivity index (χ3v) is 4.35. The average Bonchev–Trinajstić information content (AvgIpc) is 3.30. The zero-order chi connectivity index (χ0) is 22.1. The van der Waals surface area contributed by atoms with Crippen molar-refractivity contribution < 1.29 is 23.5 Å². The van der Waals surface area contributed by atoms with Gasteiger partial charge in [-0.3, -0.25) is 9.59 Å². The van der Waals surface area contributed by atoms with Crippen LogP contribution in [0.3, 0.4) is 0 Å². The first-order valence-electron chi connectivity index (χ1n) is 9.73. The highest BCUT2D eigenvalue weighted by molar-refractivity contribution is 6.05. The normalized spacial score (nSPS) is 11.0. The maximum absolute atomic E-state index is 12.7. The zero-order valence-corrected chi connectivity index (χ0v) is 17.4. The van der Waals surface area contributed by atoms with E-state index >= 15 is 0 Å². The van der Waals surface area contributed by atoms with Gasteiger partial charge >= 0.3 is 0 Å². The van der Waals surface area contributed by atoms with Gasteiger partial charge < -0.3 is 24.5 Å². The molecular weight excluding hydrogens is 396 g/mol. The minimum Gasteiger partial charge on any atom is -0.497 e. The number of benzene rings is 2. The van der Waals surface area contributed by atoms with Crippen LogP contribution in [0.15, 0.2) is 77.0 Å². The molecule has 0 fully saturated rings. The van der Waals surface area contributed by atoms with E-state index in [1.807, 2.05) is 19.1 Å². The van der Waals surface area contributed by atoms with E-state index in [0.717, 1.165) is 11.3 Å². The summed E-state index contributed by atoms with van der Waals surface area (Å²) < 4.78 is 16.0. The number of aryl methyl sites for hydroxylation is 1. The van der Waals surface area contributed by atoms with Crippen molar-refractivity contribution in [2.75, 3.05) is 20.3 Å². The van der Waals surface area contributed by atoms with Crippen molar-refractivity contribution >= 4 is 17.9 Å². The van der Waals surface area contributed by atoms with Crippen LogP contribution in [0, 0.1) is 6.92 Å². The smallest absolute Gasteiger partial charge is 0.268 e. The van der Waals surface area contributed by atoms with Crippen LogP contribution in [0.2, 0.25) is 0 Å². The Balaban J connectivity index is 1.59. The fourth-order valence-electron chi connectivity index (χ4n) is 2.67. The highest BCUT2D eigenvalue weighted by Gasteiger charge is 2.15. The Bertz CT molecular complexity index is 1020. The fourth-order valence-corrected chi connectivity index (χ4v) is 2.67. The van der Waals surface area contributed by atoms with Crippen LogP contribution in [-0.4, -0.2) is 32.1 Å². The molecule has 7 heteroatoms. The monoisotopic (exact) mass is 420 g/mol. The van der Waals surface area contributed by atoms with E-state index in [1.165, 1.54) is 12.3 Å². The summed E-state index contributed by atoms with van der Waals surface area (Å²) in [5, 5.41) is 5.40. The van der Waals surface area contributed by atoms with Crippen molar-refractivity contribution in [1.82, 2.24) is 10.6 Å². The van der Waals surface area contributed by atoms with Gasteiger partial charge in [-0.2, -0.15) is 0 Å². The molecule has 0 unspecified atom stereocenters. The molecule has 0 aliphatic carbocycles. The van der Waals surface area contributed by atoms with Gasteiger partial charge in [0.25, 0.3) is 11.8 Å². The molecule has 0 aliphatic rings. The predicted molar refractivity (Wildman–Crippen MR) is 117 cm³/mol. The third kappa shape index (κ3) is 6.50. The molecule has 0 spiro atoms. The first-order chi connectivity index (χ1) is 15.0. The molecule has 31 heavy (non-hydrogen) atoms. The lowest BCUT2D eigenvalue weighted by Crippen LogP contribution is -2.36. The van der Waals surface area contributed by atoms with E-state index < -0.39 is 5.91 Å². The molecule has 2 amide bonds. The minimum atomic E-state index is -0.449. The van der Waals surface area contributed by atoms with Crippen molar-refractivity contribution in [2.45, 2.75) is 6.92 Å². The molecule has 0 atom stereocenters. The van der Waals surface area contributed by atoms with Crippen LogP contribution in [0.5, 0.6) is 11.5 Å².